The first-order valence-corrected chi connectivity index (χ1v) is 6.76. The fourth-order valence-electron chi connectivity index (χ4n) is 2.47. The summed E-state index contributed by atoms with van der Waals surface area (Å²) in [6.07, 6.45) is 3.77. The number of nitro groups is 1. The van der Waals surface area contributed by atoms with E-state index in [1.54, 1.807) is 0 Å². The molecule has 0 spiro atoms. The SMILES string of the molecule is O=[N+]([O-])c1cnn(CC(O)CN2CCC(CO)CC2)c1. The van der Waals surface area contributed by atoms with E-state index in [4.69, 9.17) is 5.11 Å². The van der Waals surface area contributed by atoms with E-state index in [0.717, 1.165) is 25.9 Å². The van der Waals surface area contributed by atoms with Crippen LogP contribution in [0.5, 0.6) is 0 Å². The maximum absolute atomic E-state index is 10.5. The van der Waals surface area contributed by atoms with Gasteiger partial charge in [0.05, 0.1) is 17.6 Å². The quantitative estimate of drug-likeness (QED) is 0.556. The molecule has 8 nitrogen and oxygen atoms in total. The molecule has 1 aliphatic rings. The van der Waals surface area contributed by atoms with Crippen LogP contribution in [0.15, 0.2) is 12.4 Å². The van der Waals surface area contributed by atoms with Gasteiger partial charge in [0, 0.05) is 13.2 Å². The highest BCUT2D eigenvalue weighted by Crippen LogP contribution is 2.16. The summed E-state index contributed by atoms with van der Waals surface area (Å²) in [5.41, 5.74) is -0.0686. The molecule has 2 N–H and O–H groups in total. The van der Waals surface area contributed by atoms with E-state index in [2.05, 4.69) is 10.00 Å². The second kappa shape index (κ2) is 6.78. The normalized spacial score (nSPS) is 19.1. The van der Waals surface area contributed by atoms with Crippen LogP contribution in [-0.2, 0) is 6.54 Å². The Kier molecular flexibility index (Phi) is 5.05. The lowest BCUT2D eigenvalue weighted by atomic mass is 9.98. The minimum atomic E-state index is -0.611. The predicted molar refractivity (Wildman–Crippen MR) is 71.1 cm³/mol. The largest absolute Gasteiger partial charge is 0.396 e. The molecule has 1 fully saturated rings. The molecular formula is C12H20N4O4. The molecule has 1 aromatic heterocycles. The zero-order valence-electron chi connectivity index (χ0n) is 11.3. The first-order chi connectivity index (χ1) is 9.58. The molecule has 1 atom stereocenters. The van der Waals surface area contributed by atoms with Gasteiger partial charge in [0.2, 0.25) is 0 Å². The van der Waals surface area contributed by atoms with Crippen LogP contribution in [0.4, 0.5) is 5.69 Å². The van der Waals surface area contributed by atoms with Crippen LogP contribution in [0.1, 0.15) is 12.8 Å². The smallest absolute Gasteiger partial charge is 0.306 e. The number of aliphatic hydroxyl groups excluding tert-OH is 2. The minimum absolute atomic E-state index is 0.0686. The van der Waals surface area contributed by atoms with Crippen LogP contribution in [0.2, 0.25) is 0 Å². The van der Waals surface area contributed by atoms with Crippen LogP contribution < -0.4 is 0 Å². The maximum atomic E-state index is 10.5. The topological polar surface area (TPSA) is 105 Å². The first-order valence-electron chi connectivity index (χ1n) is 6.76. The molecule has 0 saturated carbocycles. The summed E-state index contributed by atoms with van der Waals surface area (Å²) < 4.78 is 1.39. The van der Waals surface area contributed by atoms with Crippen LogP contribution in [0, 0.1) is 16.0 Å². The van der Waals surface area contributed by atoms with Gasteiger partial charge < -0.3 is 15.1 Å². The van der Waals surface area contributed by atoms with Crippen molar-refractivity contribution in [1.82, 2.24) is 14.7 Å². The Morgan fingerprint density at radius 1 is 1.45 bits per heavy atom. The van der Waals surface area contributed by atoms with Crippen LogP contribution in [0.3, 0.4) is 0 Å². The number of likely N-dealkylation sites (tertiary alicyclic amines) is 1. The molecule has 8 heteroatoms. The van der Waals surface area contributed by atoms with Crippen molar-refractivity contribution < 1.29 is 15.1 Å². The third kappa shape index (κ3) is 3.99. The third-order valence-corrected chi connectivity index (χ3v) is 3.66. The van der Waals surface area contributed by atoms with Gasteiger partial charge in [-0.2, -0.15) is 5.10 Å². The number of nitrogens with zero attached hydrogens (tertiary/aromatic N) is 4. The van der Waals surface area contributed by atoms with E-state index in [1.165, 1.54) is 17.1 Å². The summed E-state index contributed by atoms with van der Waals surface area (Å²) in [7, 11) is 0. The molecule has 2 heterocycles. The Morgan fingerprint density at radius 3 is 2.70 bits per heavy atom. The van der Waals surface area contributed by atoms with Gasteiger partial charge in [-0.15, -0.1) is 0 Å². The highest BCUT2D eigenvalue weighted by atomic mass is 16.6. The highest BCUT2D eigenvalue weighted by molar-refractivity contribution is 5.20. The minimum Gasteiger partial charge on any atom is -0.396 e. The Bertz CT molecular complexity index is 442. The summed E-state index contributed by atoms with van der Waals surface area (Å²) in [4.78, 5) is 12.2. The molecule has 0 amide bonds. The number of piperidine rings is 1. The number of β-amino-alcohol motifs (C(OH)–C–C–N with tert-alkyl or cyclic N) is 1. The third-order valence-electron chi connectivity index (χ3n) is 3.66. The van der Waals surface area contributed by atoms with Gasteiger partial charge in [-0.3, -0.25) is 14.8 Å². The molecule has 0 aliphatic carbocycles. The lowest BCUT2D eigenvalue weighted by molar-refractivity contribution is -0.385. The Hall–Kier alpha value is -1.51. The number of aromatic nitrogens is 2. The molecule has 1 aromatic rings. The Morgan fingerprint density at radius 2 is 2.15 bits per heavy atom. The molecule has 1 saturated heterocycles. The standard InChI is InChI=1S/C12H20N4O4/c17-9-10-1-3-14(4-2-10)7-12(18)8-15-6-11(5-13-15)16(19)20/h5-6,10,12,17-18H,1-4,7-9H2. The molecule has 0 aromatic carbocycles. The van der Waals surface area contributed by atoms with Crippen molar-refractivity contribution in [3.63, 3.8) is 0 Å². The maximum Gasteiger partial charge on any atom is 0.306 e. The number of hydrogen-bond acceptors (Lipinski definition) is 6. The van der Waals surface area contributed by atoms with Crippen LogP contribution in [-0.4, -0.2) is 62.2 Å². The number of rotatable bonds is 6. The lowest BCUT2D eigenvalue weighted by Crippen LogP contribution is -2.40. The van der Waals surface area contributed by atoms with E-state index < -0.39 is 11.0 Å². The summed E-state index contributed by atoms with van der Waals surface area (Å²) in [5, 5.41) is 33.5. The first kappa shape index (κ1) is 14.9. The van der Waals surface area contributed by atoms with E-state index in [1.807, 2.05) is 0 Å². The predicted octanol–water partition coefficient (Wildman–Crippen LogP) is -0.144. The van der Waals surface area contributed by atoms with Crippen molar-refractivity contribution in [2.24, 2.45) is 5.92 Å². The van der Waals surface area contributed by atoms with Crippen molar-refractivity contribution in [3.05, 3.63) is 22.5 Å². The average molecular weight is 284 g/mol. The Balaban J connectivity index is 1.77. The average Bonchev–Trinajstić information content (AvgIpc) is 2.88. The molecule has 0 bridgehead atoms. The van der Waals surface area contributed by atoms with Gasteiger partial charge in [0.25, 0.3) is 0 Å². The van der Waals surface area contributed by atoms with E-state index >= 15 is 0 Å². The molecule has 1 unspecified atom stereocenters. The summed E-state index contributed by atoms with van der Waals surface area (Å²) >= 11 is 0. The van der Waals surface area contributed by atoms with Crippen molar-refractivity contribution in [3.8, 4) is 0 Å². The zero-order valence-corrected chi connectivity index (χ0v) is 11.3. The van der Waals surface area contributed by atoms with Crippen molar-refractivity contribution in [2.75, 3.05) is 26.2 Å². The van der Waals surface area contributed by atoms with Crippen LogP contribution >= 0.6 is 0 Å². The highest BCUT2D eigenvalue weighted by Gasteiger charge is 2.21. The van der Waals surface area contributed by atoms with Crippen molar-refractivity contribution in [1.29, 1.82) is 0 Å². The molecule has 2 rings (SSSR count). The van der Waals surface area contributed by atoms with Gasteiger partial charge in [0.1, 0.15) is 12.4 Å². The number of aliphatic hydroxyl groups is 2. The molecule has 0 radical (unpaired) electrons. The van der Waals surface area contributed by atoms with Gasteiger partial charge in [-0.1, -0.05) is 0 Å². The second-order valence-corrected chi connectivity index (χ2v) is 5.26. The van der Waals surface area contributed by atoms with E-state index in [0.29, 0.717) is 12.5 Å². The van der Waals surface area contributed by atoms with Gasteiger partial charge in [-0.05, 0) is 31.8 Å². The Labute approximate surface area is 116 Å². The fraction of sp³-hybridized carbons (Fsp3) is 0.750. The van der Waals surface area contributed by atoms with Crippen molar-refractivity contribution >= 4 is 5.69 Å². The second-order valence-electron chi connectivity index (χ2n) is 5.26. The van der Waals surface area contributed by atoms with Gasteiger partial charge in [0.15, 0.2) is 0 Å². The monoisotopic (exact) mass is 284 g/mol. The molecular weight excluding hydrogens is 264 g/mol. The molecule has 20 heavy (non-hydrogen) atoms. The number of hydrogen-bond donors (Lipinski definition) is 2. The van der Waals surface area contributed by atoms with Gasteiger partial charge in [-0.25, -0.2) is 0 Å². The fourth-order valence-corrected chi connectivity index (χ4v) is 2.47. The molecule has 112 valence electrons. The van der Waals surface area contributed by atoms with E-state index in [-0.39, 0.29) is 18.8 Å². The van der Waals surface area contributed by atoms with E-state index in [9.17, 15) is 15.2 Å². The zero-order chi connectivity index (χ0) is 14.5. The summed E-state index contributed by atoms with van der Waals surface area (Å²) in [5.74, 6) is 0.372. The summed E-state index contributed by atoms with van der Waals surface area (Å²) in [6, 6.07) is 0. The van der Waals surface area contributed by atoms with Crippen molar-refractivity contribution in [2.45, 2.75) is 25.5 Å². The van der Waals surface area contributed by atoms with Crippen LogP contribution in [0.25, 0.3) is 0 Å². The summed E-state index contributed by atoms with van der Waals surface area (Å²) in [6.45, 7) is 2.72. The van der Waals surface area contributed by atoms with Gasteiger partial charge >= 0.3 is 5.69 Å². The lowest BCUT2D eigenvalue weighted by Gasteiger charge is -2.32. The molecule has 1 aliphatic heterocycles.